The molecule has 0 saturated heterocycles. The lowest BCUT2D eigenvalue weighted by molar-refractivity contribution is -0.274. The fourth-order valence-corrected chi connectivity index (χ4v) is 2.33. The van der Waals surface area contributed by atoms with Crippen molar-refractivity contribution in [1.82, 2.24) is 20.0 Å². The molecule has 0 unspecified atom stereocenters. The van der Waals surface area contributed by atoms with Crippen LogP contribution in [0.2, 0.25) is 0 Å². The molecule has 6 nitrogen and oxygen atoms in total. The van der Waals surface area contributed by atoms with Crippen LogP contribution < -0.4 is 10.1 Å². The first-order valence-electron chi connectivity index (χ1n) is 7.79. The topological polar surface area (TPSA) is 64.9 Å². The first-order chi connectivity index (χ1) is 12.3. The van der Waals surface area contributed by atoms with Crippen molar-refractivity contribution in [2.45, 2.75) is 26.3 Å². The monoisotopic (exact) mass is 363 g/mol. The van der Waals surface area contributed by atoms with Gasteiger partial charge in [0.15, 0.2) is 5.82 Å². The van der Waals surface area contributed by atoms with Gasteiger partial charge in [0.05, 0.1) is 11.7 Å². The van der Waals surface area contributed by atoms with Gasteiger partial charge in [-0.15, -0.1) is 23.4 Å². The molecule has 1 aromatic carbocycles. The fourth-order valence-electron chi connectivity index (χ4n) is 2.33. The van der Waals surface area contributed by atoms with Crippen molar-refractivity contribution in [1.29, 1.82) is 0 Å². The van der Waals surface area contributed by atoms with Crippen LogP contribution in [0.5, 0.6) is 5.75 Å². The second-order valence-corrected chi connectivity index (χ2v) is 5.66. The zero-order chi connectivity index (χ0) is 18.7. The van der Waals surface area contributed by atoms with Gasteiger partial charge < -0.3 is 10.1 Å². The Morgan fingerprint density at radius 2 is 1.77 bits per heavy atom. The number of nitrogens with one attached hydrogen (secondary N) is 1. The van der Waals surface area contributed by atoms with Crippen molar-refractivity contribution in [3.05, 3.63) is 59.9 Å². The molecule has 0 saturated carbocycles. The number of benzene rings is 1. The molecule has 26 heavy (non-hydrogen) atoms. The average molecular weight is 363 g/mol. The molecule has 2 heterocycles. The molecule has 0 spiro atoms. The van der Waals surface area contributed by atoms with Gasteiger partial charge >= 0.3 is 6.36 Å². The molecule has 0 aliphatic rings. The van der Waals surface area contributed by atoms with Crippen LogP contribution in [-0.4, -0.2) is 26.3 Å². The van der Waals surface area contributed by atoms with E-state index in [4.69, 9.17) is 0 Å². The number of halogens is 3. The Morgan fingerprint density at radius 1 is 1.04 bits per heavy atom. The summed E-state index contributed by atoms with van der Waals surface area (Å²) in [6.07, 6.45) is -2.91. The fraction of sp³-hybridized carbons (Fsp3) is 0.235. The summed E-state index contributed by atoms with van der Waals surface area (Å²) in [5.74, 6) is 0.873. The lowest BCUT2D eigenvalue weighted by atomic mass is 10.1. The van der Waals surface area contributed by atoms with E-state index in [0.717, 1.165) is 11.3 Å². The molecule has 1 atom stereocenters. The number of alkyl halides is 3. The number of hydrogen-bond donors (Lipinski definition) is 1. The Hall–Kier alpha value is -3.10. The molecule has 0 radical (unpaired) electrons. The molecule has 0 amide bonds. The predicted octanol–water partition coefficient (Wildman–Crippen LogP) is 4.04. The Balaban J connectivity index is 1.65. The minimum Gasteiger partial charge on any atom is -0.406 e. The highest BCUT2D eigenvalue weighted by Crippen LogP contribution is 2.25. The summed E-state index contributed by atoms with van der Waals surface area (Å²) in [6, 6.07) is 10.9. The number of ether oxygens (including phenoxy) is 1. The number of aryl methyl sites for hydroxylation is 1. The quantitative estimate of drug-likeness (QED) is 0.741. The normalized spacial score (nSPS) is 12.7. The summed E-state index contributed by atoms with van der Waals surface area (Å²) in [4.78, 5) is 0. The minimum absolute atomic E-state index is 0.179. The molecule has 0 aliphatic heterocycles. The molecular weight excluding hydrogens is 347 g/mol. The van der Waals surface area contributed by atoms with Gasteiger partial charge in [-0.1, -0.05) is 12.1 Å². The van der Waals surface area contributed by atoms with Gasteiger partial charge in [-0.05, 0) is 49.7 Å². The van der Waals surface area contributed by atoms with Gasteiger partial charge in [0.2, 0.25) is 0 Å². The van der Waals surface area contributed by atoms with Crippen molar-refractivity contribution < 1.29 is 17.9 Å². The SMILES string of the molecule is Cc1ccn(-c2ccc(N[C@@H](C)c3ccc(OC(F)(F)F)cc3)nn2)n1. The summed E-state index contributed by atoms with van der Waals surface area (Å²) in [5.41, 5.74) is 1.66. The minimum atomic E-state index is -4.70. The van der Waals surface area contributed by atoms with E-state index in [0.29, 0.717) is 11.6 Å². The molecule has 0 fully saturated rings. The number of aromatic nitrogens is 4. The van der Waals surface area contributed by atoms with Gasteiger partial charge in [0.25, 0.3) is 0 Å². The van der Waals surface area contributed by atoms with E-state index in [9.17, 15) is 13.2 Å². The van der Waals surface area contributed by atoms with Crippen LogP contribution in [-0.2, 0) is 0 Å². The molecule has 0 bridgehead atoms. The molecule has 3 aromatic rings. The molecular formula is C17H16F3N5O. The van der Waals surface area contributed by atoms with E-state index < -0.39 is 6.36 Å². The number of hydrogen-bond acceptors (Lipinski definition) is 5. The molecule has 3 rings (SSSR count). The third-order valence-electron chi connectivity index (χ3n) is 3.59. The van der Waals surface area contributed by atoms with Crippen LogP contribution in [0.25, 0.3) is 5.82 Å². The maximum Gasteiger partial charge on any atom is 0.573 e. The summed E-state index contributed by atoms with van der Waals surface area (Å²) >= 11 is 0. The molecule has 2 aromatic heterocycles. The van der Waals surface area contributed by atoms with E-state index in [1.807, 2.05) is 19.9 Å². The Bertz CT molecular complexity index is 859. The van der Waals surface area contributed by atoms with Crippen molar-refractivity contribution in [3.63, 3.8) is 0 Å². The second-order valence-electron chi connectivity index (χ2n) is 5.66. The summed E-state index contributed by atoms with van der Waals surface area (Å²) < 4.78 is 42.0. The largest absolute Gasteiger partial charge is 0.573 e. The second kappa shape index (κ2) is 7.03. The highest BCUT2D eigenvalue weighted by molar-refractivity contribution is 5.40. The van der Waals surface area contributed by atoms with Crippen LogP contribution >= 0.6 is 0 Å². The Morgan fingerprint density at radius 3 is 2.31 bits per heavy atom. The lowest BCUT2D eigenvalue weighted by Gasteiger charge is -2.15. The smallest absolute Gasteiger partial charge is 0.406 e. The standard InChI is InChI=1S/C17H16F3N5O/c1-11-9-10-25(24-11)16-8-7-15(22-23-16)21-12(2)13-3-5-14(6-4-13)26-17(18,19)20/h3-10,12H,1-2H3,(H,21,22)/t12-/m0/s1. The van der Waals surface area contributed by atoms with Gasteiger partial charge in [-0.3, -0.25) is 0 Å². The van der Waals surface area contributed by atoms with Gasteiger partial charge in [0.1, 0.15) is 11.6 Å². The van der Waals surface area contributed by atoms with Crippen LogP contribution in [0.3, 0.4) is 0 Å². The third-order valence-corrected chi connectivity index (χ3v) is 3.59. The highest BCUT2D eigenvalue weighted by atomic mass is 19.4. The first-order valence-corrected chi connectivity index (χ1v) is 7.79. The molecule has 136 valence electrons. The molecule has 0 aliphatic carbocycles. The third kappa shape index (κ3) is 4.50. The van der Waals surface area contributed by atoms with Crippen molar-refractivity contribution in [3.8, 4) is 11.6 Å². The highest BCUT2D eigenvalue weighted by Gasteiger charge is 2.31. The number of anilines is 1. The maximum absolute atomic E-state index is 12.2. The van der Waals surface area contributed by atoms with Crippen molar-refractivity contribution in [2.75, 3.05) is 5.32 Å². The zero-order valence-corrected chi connectivity index (χ0v) is 14.0. The van der Waals surface area contributed by atoms with Gasteiger partial charge in [-0.2, -0.15) is 5.10 Å². The van der Waals surface area contributed by atoms with Crippen LogP contribution in [0.1, 0.15) is 24.2 Å². The lowest BCUT2D eigenvalue weighted by Crippen LogP contribution is -2.17. The Labute approximate surface area is 147 Å². The molecule has 9 heteroatoms. The van der Waals surface area contributed by atoms with Gasteiger partial charge in [-0.25, -0.2) is 4.68 Å². The van der Waals surface area contributed by atoms with Crippen LogP contribution in [0, 0.1) is 6.92 Å². The van der Waals surface area contributed by atoms with Crippen LogP contribution in [0.15, 0.2) is 48.7 Å². The predicted molar refractivity (Wildman–Crippen MR) is 89.1 cm³/mol. The van der Waals surface area contributed by atoms with Crippen molar-refractivity contribution in [2.24, 2.45) is 0 Å². The van der Waals surface area contributed by atoms with E-state index in [2.05, 4.69) is 25.3 Å². The Kier molecular flexibility index (Phi) is 4.79. The van der Waals surface area contributed by atoms with E-state index >= 15 is 0 Å². The summed E-state index contributed by atoms with van der Waals surface area (Å²) in [7, 11) is 0. The molecule has 1 N–H and O–H groups in total. The zero-order valence-electron chi connectivity index (χ0n) is 14.0. The summed E-state index contributed by atoms with van der Waals surface area (Å²) in [6.45, 7) is 3.75. The first kappa shape index (κ1) is 17.7. The van der Waals surface area contributed by atoms with Crippen LogP contribution in [0.4, 0.5) is 19.0 Å². The maximum atomic E-state index is 12.2. The number of nitrogens with zero attached hydrogens (tertiary/aromatic N) is 4. The van der Waals surface area contributed by atoms with E-state index in [-0.39, 0.29) is 11.8 Å². The summed E-state index contributed by atoms with van der Waals surface area (Å²) in [5, 5.41) is 15.6. The van der Waals surface area contributed by atoms with Crippen molar-refractivity contribution >= 4 is 5.82 Å². The number of rotatable bonds is 5. The van der Waals surface area contributed by atoms with E-state index in [1.54, 1.807) is 35.1 Å². The average Bonchev–Trinajstić information content (AvgIpc) is 3.01. The van der Waals surface area contributed by atoms with Gasteiger partial charge in [0, 0.05) is 6.20 Å². The van der Waals surface area contributed by atoms with E-state index in [1.165, 1.54) is 12.1 Å².